The summed E-state index contributed by atoms with van der Waals surface area (Å²) in [6.07, 6.45) is 2.83. The minimum atomic E-state index is 0. The summed E-state index contributed by atoms with van der Waals surface area (Å²) in [5.41, 5.74) is 1.26. The van der Waals surface area contributed by atoms with E-state index in [1.54, 1.807) is 0 Å². The van der Waals surface area contributed by atoms with E-state index < -0.39 is 0 Å². The molecule has 1 aromatic carbocycles. The van der Waals surface area contributed by atoms with Crippen LogP contribution in [0.1, 0.15) is 30.9 Å². The van der Waals surface area contributed by atoms with E-state index in [9.17, 15) is 4.79 Å². The van der Waals surface area contributed by atoms with E-state index >= 15 is 0 Å². The Hall–Kier alpha value is -0.850. The first-order valence-corrected chi connectivity index (χ1v) is 9.17. The van der Waals surface area contributed by atoms with Gasteiger partial charge in [-0.25, -0.2) is 0 Å². The van der Waals surface area contributed by atoms with Crippen molar-refractivity contribution in [3.05, 3.63) is 35.9 Å². The molecule has 5 nitrogen and oxygen atoms in total. The van der Waals surface area contributed by atoms with Crippen LogP contribution in [-0.2, 0) is 9.53 Å². The van der Waals surface area contributed by atoms with Crippen LogP contribution in [0.3, 0.4) is 0 Å². The Bertz CT molecular complexity index is 507. The van der Waals surface area contributed by atoms with Gasteiger partial charge in [0.05, 0.1) is 19.3 Å². The summed E-state index contributed by atoms with van der Waals surface area (Å²) >= 11 is 0. The molecule has 2 saturated heterocycles. The molecule has 1 amide bonds. The summed E-state index contributed by atoms with van der Waals surface area (Å²) in [4.78, 5) is 14.7. The highest BCUT2D eigenvalue weighted by molar-refractivity contribution is 5.85. The first kappa shape index (κ1) is 23.2. The van der Waals surface area contributed by atoms with Crippen LogP contribution in [0.25, 0.3) is 0 Å². The molecule has 0 radical (unpaired) electrons. The molecule has 148 valence electrons. The topological polar surface area (TPSA) is 53.6 Å². The van der Waals surface area contributed by atoms with E-state index in [0.717, 1.165) is 45.8 Å². The lowest BCUT2D eigenvalue weighted by atomic mass is 10.0. The molecule has 2 fully saturated rings. The highest BCUT2D eigenvalue weighted by Gasteiger charge is 2.23. The van der Waals surface area contributed by atoms with Crippen molar-refractivity contribution in [2.45, 2.75) is 25.3 Å². The molecule has 2 atom stereocenters. The van der Waals surface area contributed by atoms with Crippen LogP contribution < -0.4 is 10.6 Å². The summed E-state index contributed by atoms with van der Waals surface area (Å²) in [6, 6.07) is 10.7. The molecule has 0 bridgehead atoms. The molecule has 26 heavy (non-hydrogen) atoms. The lowest BCUT2D eigenvalue weighted by Gasteiger charge is -2.35. The Morgan fingerprint density at radius 1 is 1.23 bits per heavy atom. The number of nitrogens with one attached hydrogen (secondary N) is 2. The number of ether oxygens (including phenoxy) is 1. The maximum Gasteiger partial charge on any atom is 0.220 e. The second-order valence-electron chi connectivity index (χ2n) is 6.78. The molecule has 2 unspecified atom stereocenters. The molecule has 0 aliphatic carbocycles. The number of benzene rings is 1. The Balaban J connectivity index is 0.00000169. The van der Waals surface area contributed by atoms with Crippen LogP contribution >= 0.6 is 24.8 Å². The highest BCUT2D eigenvalue weighted by atomic mass is 35.5. The lowest BCUT2D eigenvalue weighted by molar-refractivity contribution is -0.121. The standard InChI is InChI=1S/C19H29N3O2.2ClH/c23-19(7-6-16-8-9-20-14-16)21-15-18(17-4-2-1-3-5-17)22-10-12-24-13-11-22;;/h1-5,16,18,20H,6-15H2,(H,21,23);2*1H. The molecule has 0 aromatic heterocycles. The molecule has 2 aliphatic heterocycles. The van der Waals surface area contributed by atoms with Crippen LogP contribution in [-0.4, -0.2) is 56.7 Å². The van der Waals surface area contributed by atoms with E-state index in [2.05, 4.69) is 39.8 Å². The monoisotopic (exact) mass is 403 g/mol. The average Bonchev–Trinajstić information content (AvgIpc) is 3.16. The van der Waals surface area contributed by atoms with Gasteiger partial charge in [-0.3, -0.25) is 9.69 Å². The number of carbonyl (C=O) groups is 1. The van der Waals surface area contributed by atoms with Gasteiger partial charge in [0.1, 0.15) is 0 Å². The first-order chi connectivity index (χ1) is 11.8. The van der Waals surface area contributed by atoms with Gasteiger partial charge in [0.2, 0.25) is 5.91 Å². The van der Waals surface area contributed by atoms with Gasteiger partial charge in [0.25, 0.3) is 0 Å². The molecule has 2 N–H and O–H groups in total. The van der Waals surface area contributed by atoms with Crippen LogP contribution in [0, 0.1) is 5.92 Å². The fourth-order valence-electron chi connectivity index (χ4n) is 3.62. The van der Waals surface area contributed by atoms with Gasteiger partial charge < -0.3 is 15.4 Å². The number of carbonyl (C=O) groups excluding carboxylic acids is 1. The van der Waals surface area contributed by atoms with E-state index in [0.29, 0.717) is 18.9 Å². The van der Waals surface area contributed by atoms with Crippen LogP contribution in [0.2, 0.25) is 0 Å². The van der Waals surface area contributed by atoms with Gasteiger partial charge in [0.15, 0.2) is 0 Å². The third kappa shape index (κ3) is 7.05. The zero-order chi connectivity index (χ0) is 16.6. The predicted molar refractivity (Wildman–Crippen MR) is 109 cm³/mol. The Morgan fingerprint density at radius 3 is 2.62 bits per heavy atom. The SMILES string of the molecule is Cl.Cl.O=C(CCC1CCNC1)NCC(c1ccccc1)N1CCOCC1. The maximum atomic E-state index is 12.2. The van der Waals surface area contributed by atoms with Crippen molar-refractivity contribution in [2.75, 3.05) is 45.9 Å². The molecule has 2 heterocycles. The second kappa shape index (κ2) is 12.5. The number of morpholine rings is 1. The van der Waals surface area contributed by atoms with Crippen LogP contribution in [0.4, 0.5) is 0 Å². The van der Waals surface area contributed by atoms with Crippen molar-refractivity contribution in [3.8, 4) is 0 Å². The van der Waals surface area contributed by atoms with E-state index in [1.165, 1.54) is 12.0 Å². The summed E-state index contributed by atoms with van der Waals surface area (Å²) < 4.78 is 5.47. The third-order valence-corrected chi connectivity index (χ3v) is 5.11. The van der Waals surface area contributed by atoms with Gasteiger partial charge >= 0.3 is 0 Å². The van der Waals surface area contributed by atoms with Crippen molar-refractivity contribution in [1.82, 2.24) is 15.5 Å². The first-order valence-electron chi connectivity index (χ1n) is 9.17. The van der Waals surface area contributed by atoms with Gasteiger partial charge in [-0.05, 0) is 37.4 Å². The smallest absolute Gasteiger partial charge is 0.220 e. The van der Waals surface area contributed by atoms with Crippen LogP contribution in [0.5, 0.6) is 0 Å². The Kier molecular flexibility index (Phi) is 11.2. The van der Waals surface area contributed by atoms with Crippen molar-refractivity contribution in [3.63, 3.8) is 0 Å². The molecule has 2 aliphatic rings. The summed E-state index contributed by atoms with van der Waals surface area (Å²) in [5, 5.41) is 6.52. The fraction of sp³-hybridized carbons (Fsp3) is 0.632. The van der Waals surface area contributed by atoms with Crippen molar-refractivity contribution >= 4 is 30.7 Å². The largest absolute Gasteiger partial charge is 0.379 e. The van der Waals surface area contributed by atoms with Crippen molar-refractivity contribution in [1.29, 1.82) is 0 Å². The average molecular weight is 404 g/mol. The van der Waals surface area contributed by atoms with Gasteiger partial charge in [-0.2, -0.15) is 0 Å². The number of nitrogens with zero attached hydrogens (tertiary/aromatic N) is 1. The lowest BCUT2D eigenvalue weighted by Crippen LogP contribution is -2.43. The molecule has 1 aromatic rings. The fourth-order valence-corrected chi connectivity index (χ4v) is 3.62. The normalized spacial score (nSPS) is 21.3. The zero-order valence-electron chi connectivity index (χ0n) is 15.2. The molecular formula is C19H31Cl2N3O2. The number of hydrogen-bond donors (Lipinski definition) is 2. The quantitative estimate of drug-likeness (QED) is 0.733. The van der Waals surface area contributed by atoms with Gasteiger partial charge in [-0.15, -0.1) is 24.8 Å². The summed E-state index contributed by atoms with van der Waals surface area (Å²) in [5.74, 6) is 0.844. The highest BCUT2D eigenvalue weighted by Crippen LogP contribution is 2.21. The zero-order valence-corrected chi connectivity index (χ0v) is 16.8. The molecule has 7 heteroatoms. The van der Waals surface area contributed by atoms with Crippen LogP contribution in [0.15, 0.2) is 30.3 Å². The maximum absolute atomic E-state index is 12.2. The summed E-state index contributed by atoms with van der Waals surface area (Å²) in [7, 11) is 0. The number of rotatable bonds is 7. The van der Waals surface area contributed by atoms with E-state index in [-0.39, 0.29) is 36.8 Å². The molecule has 0 saturated carbocycles. The number of hydrogen-bond acceptors (Lipinski definition) is 4. The van der Waals surface area contributed by atoms with Crippen molar-refractivity contribution < 1.29 is 9.53 Å². The molecule has 3 rings (SSSR count). The minimum absolute atomic E-state index is 0. The third-order valence-electron chi connectivity index (χ3n) is 5.11. The van der Waals surface area contributed by atoms with Crippen molar-refractivity contribution in [2.24, 2.45) is 5.92 Å². The number of halogens is 2. The second-order valence-corrected chi connectivity index (χ2v) is 6.78. The van der Waals surface area contributed by atoms with Gasteiger partial charge in [0, 0.05) is 26.1 Å². The Morgan fingerprint density at radius 2 is 1.96 bits per heavy atom. The molecular weight excluding hydrogens is 373 g/mol. The minimum Gasteiger partial charge on any atom is -0.379 e. The number of amides is 1. The summed E-state index contributed by atoms with van der Waals surface area (Å²) in [6.45, 7) is 6.21. The predicted octanol–water partition coefficient (Wildman–Crippen LogP) is 2.41. The van der Waals surface area contributed by atoms with E-state index in [1.807, 2.05) is 6.07 Å². The van der Waals surface area contributed by atoms with Gasteiger partial charge in [-0.1, -0.05) is 30.3 Å². The van der Waals surface area contributed by atoms with E-state index in [4.69, 9.17) is 4.74 Å². The molecule has 0 spiro atoms. The Labute approximate surface area is 169 Å².